The van der Waals surface area contributed by atoms with Crippen molar-refractivity contribution in [2.45, 2.75) is 58.0 Å². The van der Waals surface area contributed by atoms with Gasteiger partial charge in [-0.1, -0.05) is 56.2 Å². The number of ether oxygens (including phenoxy) is 1. The molecular weight excluding hydrogens is 535 g/mol. The summed E-state index contributed by atoms with van der Waals surface area (Å²) in [6.07, 6.45) is -1.51. The van der Waals surface area contributed by atoms with Crippen LogP contribution in [0.1, 0.15) is 60.9 Å². The molecule has 0 unspecified atom stereocenters. The number of carbonyl (C=O) groups is 2. The van der Waals surface area contributed by atoms with Crippen LogP contribution in [0.15, 0.2) is 77.8 Å². The maximum absolute atomic E-state index is 13.2. The molecule has 0 aromatic heterocycles. The summed E-state index contributed by atoms with van der Waals surface area (Å²) in [4.78, 5) is 29.8. The lowest BCUT2D eigenvalue weighted by Crippen LogP contribution is -2.40. The van der Waals surface area contributed by atoms with Crippen LogP contribution in [0.25, 0.3) is 0 Å². The predicted octanol–water partition coefficient (Wildman–Crippen LogP) is 5.24. The number of hydrogen-bond donors (Lipinski definition) is 4. The third-order valence-corrected chi connectivity index (χ3v) is 6.14. The van der Waals surface area contributed by atoms with E-state index in [0.29, 0.717) is 29.0 Å². The first-order valence-electron chi connectivity index (χ1n) is 13.2. The summed E-state index contributed by atoms with van der Waals surface area (Å²) >= 11 is 0. The summed E-state index contributed by atoms with van der Waals surface area (Å²) in [5.41, 5.74) is 12.6. The van der Waals surface area contributed by atoms with Gasteiger partial charge in [-0.3, -0.25) is 9.59 Å². The average molecular weight is 570 g/mol. The molecule has 8 nitrogen and oxygen atoms in total. The van der Waals surface area contributed by atoms with Gasteiger partial charge in [0.2, 0.25) is 11.8 Å². The first-order chi connectivity index (χ1) is 19.5. The van der Waals surface area contributed by atoms with Crippen LogP contribution in [0.3, 0.4) is 0 Å². The fourth-order valence-corrected chi connectivity index (χ4v) is 3.91. The lowest BCUT2D eigenvalue weighted by atomic mass is 10.0. The zero-order chi connectivity index (χ0) is 29.8. The zero-order valence-electron chi connectivity index (χ0n) is 22.7. The van der Waals surface area contributed by atoms with E-state index >= 15 is 0 Å². The Morgan fingerprint density at radius 1 is 0.902 bits per heavy atom. The molecule has 6 N–H and O–H groups in total. The Bertz CT molecular complexity index is 1310. The number of halogens is 3. The third-order valence-electron chi connectivity index (χ3n) is 6.14. The normalized spacial score (nSPS) is 11.8. The average Bonchev–Trinajstić information content (AvgIpc) is 2.94. The van der Waals surface area contributed by atoms with E-state index in [-0.39, 0.29) is 30.9 Å². The van der Waals surface area contributed by atoms with Gasteiger partial charge in [-0.2, -0.15) is 13.2 Å². The predicted molar refractivity (Wildman–Crippen MR) is 151 cm³/mol. The lowest BCUT2D eigenvalue weighted by Gasteiger charge is -2.19. The number of nitrogens with one attached hydrogen (secondary N) is 2. The molecule has 0 aliphatic rings. The van der Waals surface area contributed by atoms with Crippen LogP contribution in [-0.2, 0) is 28.9 Å². The Hall–Kier alpha value is -4.54. The SMILES string of the molecule is CCCCCC(=O)N[C@@H](C(=O)NCc1ccc(N=C(N)N)cc1)c1ccc(OCc2ccc(C(F)(F)F)cc2)cc1. The summed E-state index contributed by atoms with van der Waals surface area (Å²) < 4.78 is 44.0. The largest absolute Gasteiger partial charge is 0.489 e. The third kappa shape index (κ3) is 10.2. The number of guanidine groups is 1. The summed E-state index contributed by atoms with van der Waals surface area (Å²) in [5.74, 6) is -0.217. The quantitative estimate of drug-likeness (QED) is 0.127. The molecule has 0 spiro atoms. The van der Waals surface area contributed by atoms with Crippen molar-refractivity contribution in [3.05, 3.63) is 95.1 Å². The fraction of sp³-hybridized carbons (Fsp3) is 0.300. The zero-order valence-corrected chi connectivity index (χ0v) is 22.7. The van der Waals surface area contributed by atoms with Gasteiger partial charge in [0, 0.05) is 13.0 Å². The number of unbranched alkanes of at least 4 members (excludes halogenated alkanes) is 2. The molecule has 0 aliphatic carbocycles. The van der Waals surface area contributed by atoms with Crippen LogP contribution in [0.5, 0.6) is 5.75 Å². The van der Waals surface area contributed by atoms with Gasteiger partial charge in [-0.05, 0) is 59.5 Å². The second-order valence-electron chi connectivity index (χ2n) is 9.43. The Labute approximate surface area is 237 Å². The summed E-state index contributed by atoms with van der Waals surface area (Å²) in [6, 6.07) is 17.4. The number of rotatable bonds is 13. The van der Waals surface area contributed by atoms with E-state index in [1.807, 2.05) is 6.92 Å². The first kappa shape index (κ1) is 31.0. The van der Waals surface area contributed by atoms with Crippen molar-refractivity contribution >= 4 is 23.5 Å². The summed E-state index contributed by atoms with van der Waals surface area (Å²) in [6.45, 7) is 2.33. The second kappa shape index (κ2) is 14.7. The highest BCUT2D eigenvalue weighted by Crippen LogP contribution is 2.29. The van der Waals surface area contributed by atoms with Crippen LogP contribution >= 0.6 is 0 Å². The number of amides is 2. The van der Waals surface area contributed by atoms with Crippen molar-refractivity contribution < 1.29 is 27.5 Å². The topological polar surface area (TPSA) is 132 Å². The molecular formula is C30H34F3N5O3. The monoisotopic (exact) mass is 569 g/mol. The van der Waals surface area contributed by atoms with E-state index in [0.717, 1.165) is 37.0 Å². The molecule has 0 bridgehead atoms. The van der Waals surface area contributed by atoms with E-state index in [1.54, 1.807) is 48.5 Å². The highest BCUT2D eigenvalue weighted by molar-refractivity contribution is 5.88. The molecule has 0 radical (unpaired) electrons. The van der Waals surface area contributed by atoms with Gasteiger partial charge in [0.05, 0.1) is 11.3 Å². The van der Waals surface area contributed by atoms with Crippen LogP contribution in [0.4, 0.5) is 18.9 Å². The van der Waals surface area contributed by atoms with Crippen molar-refractivity contribution in [2.24, 2.45) is 16.5 Å². The van der Waals surface area contributed by atoms with E-state index in [4.69, 9.17) is 16.2 Å². The smallest absolute Gasteiger partial charge is 0.416 e. The Morgan fingerprint density at radius 3 is 2.12 bits per heavy atom. The number of benzene rings is 3. The molecule has 1 atom stereocenters. The molecule has 0 fully saturated rings. The molecule has 0 saturated heterocycles. The summed E-state index contributed by atoms with van der Waals surface area (Å²) in [7, 11) is 0. The molecule has 2 amide bonds. The van der Waals surface area contributed by atoms with Crippen LogP contribution in [0.2, 0.25) is 0 Å². The van der Waals surface area contributed by atoms with Crippen molar-refractivity contribution in [2.75, 3.05) is 0 Å². The van der Waals surface area contributed by atoms with Gasteiger partial charge in [-0.15, -0.1) is 0 Å². The number of nitrogens with two attached hydrogens (primary N) is 2. The van der Waals surface area contributed by atoms with Gasteiger partial charge >= 0.3 is 6.18 Å². The number of aliphatic imine (C=N–C) groups is 1. The maximum Gasteiger partial charge on any atom is 0.416 e. The molecule has 41 heavy (non-hydrogen) atoms. The Morgan fingerprint density at radius 2 is 1.54 bits per heavy atom. The highest BCUT2D eigenvalue weighted by Gasteiger charge is 2.30. The van der Waals surface area contributed by atoms with Crippen molar-refractivity contribution in [3.63, 3.8) is 0 Å². The van der Waals surface area contributed by atoms with Crippen LogP contribution in [0, 0.1) is 0 Å². The van der Waals surface area contributed by atoms with Gasteiger partial charge in [0.15, 0.2) is 5.96 Å². The number of carbonyl (C=O) groups excluding carboxylic acids is 2. The van der Waals surface area contributed by atoms with Gasteiger partial charge in [-0.25, -0.2) is 4.99 Å². The molecule has 218 valence electrons. The number of nitrogens with zero attached hydrogens (tertiary/aromatic N) is 1. The van der Waals surface area contributed by atoms with E-state index in [9.17, 15) is 22.8 Å². The van der Waals surface area contributed by atoms with Gasteiger partial charge < -0.3 is 26.8 Å². The van der Waals surface area contributed by atoms with Crippen molar-refractivity contribution in [1.82, 2.24) is 10.6 Å². The number of hydrogen-bond acceptors (Lipinski definition) is 4. The molecule has 3 aromatic carbocycles. The molecule has 0 saturated carbocycles. The van der Waals surface area contributed by atoms with Crippen LogP contribution in [-0.4, -0.2) is 17.8 Å². The van der Waals surface area contributed by atoms with Crippen molar-refractivity contribution in [1.29, 1.82) is 0 Å². The Balaban J connectivity index is 1.66. The van der Waals surface area contributed by atoms with E-state index < -0.39 is 17.8 Å². The molecule has 0 heterocycles. The number of alkyl halides is 3. The van der Waals surface area contributed by atoms with Crippen LogP contribution < -0.4 is 26.8 Å². The maximum atomic E-state index is 13.2. The first-order valence-corrected chi connectivity index (χ1v) is 13.2. The fourth-order valence-electron chi connectivity index (χ4n) is 3.91. The Kier molecular flexibility index (Phi) is 11.1. The molecule has 3 aromatic rings. The minimum atomic E-state index is -4.40. The standard InChI is InChI=1S/C30H34F3N5O3/c1-2-3-4-5-26(39)38-27(28(40)36-18-20-8-14-24(15-9-20)37-29(34)35)22-10-16-25(17-11-22)41-19-21-6-12-23(13-7-21)30(31,32)33/h6-17,27H,2-5,18-19H2,1H3,(H,36,40)(H,38,39)(H4,34,35,37)/t27-/m1/s1. The van der Waals surface area contributed by atoms with E-state index in [1.165, 1.54) is 12.1 Å². The van der Waals surface area contributed by atoms with Gasteiger partial charge in [0.1, 0.15) is 18.4 Å². The molecule has 0 aliphatic heterocycles. The molecule has 3 rings (SSSR count). The summed E-state index contributed by atoms with van der Waals surface area (Å²) in [5, 5.41) is 5.68. The van der Waals surface area contributed by atoms with E-state index in [2.05, 4.69) is 15.6 Å². The van der Waals surface area contributed by atoms with Crippen molar-refractivity contribution in [3.8, 4) is 5.75 Å². The second-order valence-corrected chi connectivity index (χ2v) is 9.43. The lowest BCUT2D eigenvalue weighted by molar-refractivity contribution is -0.137. The minimum absolute atomic E-state index is 0.0559. The minimum Gasteiger partial charge on any atom is -0.489 e. The highest BCUT2D eigenvalue weighted by atomic mass is 19.4. The molecule has 11 heteroatoms. The van der Waals surface area contributed by atoms with Gasteiger partial charge in [0.25, 0.3) is 0 Å².